The van der Waals surface area contributed by atoms with Gasteiger partial charge in [-0.05, 0) is 62.6 Å². The summed E-state index contributed by atoms with van der Waals surface area (Å²) in [6.45, 7) is 3.58. The van der Waals surface area contributed by atoms with Gasteiger partial charge in [0.15, 0.2) is 0 Å². The Morgan fingerprint density at radius 3 is 2.59 bits per heavy atom. The van der Waals surface area contributed by atoms with Crippen LogP contribution in [0.5, 0.6) is 0 Å². The summed E-state index contributed by atoms with van der Waals surface area (Å²) in [6, 6.07) is 10.4. The Morgan fingerprint density at radius 1 is 1.11 bits per heavy atom. The minimum absolute atomic E-state index is 0.241. The fourth-order valence-corrected chi connectivity index (χ4v) is 4.31. The van der Waals surface area contributed by atoms with Crippen LogP contribution in [0.15, 0.2) is 36.4 Å². The quantitative estimate of drug-likeness (QED) is 0.846. The molecule has 1 atom stereocenters. The molecule has 2 aromatic rings. The van der Waals surface area contributed by atoms with Crippen molar-refractivity contribution in [3.05, 3.63) is 53.6 Å². The van der Waals surface area contributed by atoms with Gasteiger partial charge in [0.25, 0.3) is 0 Å². The second-order valence-electron chi connectivity index (χ2n) is 7.81. The number of rotatable bonds is 4. The molecule has 27 heavy (non-hydrogen) atoms. The molecule has 4 rings (SSSR count). The van der Waals surface area contributed by atoms with E-state index in [-0.39, 0.29) is 17.7 Å². The lowest BCUT2D eigenvalue weighted by Gasteiger charge is -2.20. The molecule has 2 aliphatic rings. The van der Waals surface area contributed by atoms with Gasteiger partial charge >= 0.3 is 0 Å². The molecule has 1 aliphatic heterocycles. The van der Waals surface area contributed by atoms with E-state index < -0.39 is 0 Å². The standard InChI is InChI=1S/C22H26FN3O/c1-15-12-20(25-19-8-6-18(23)7-9-19)13-21(24-15)17-10-11-26(14-17)22(27)16-4-2-3-5-16/h6-9,12-13,16-17H,2-5,10-11,14H2,1H3,(H,24,25)/t17-/m0/s1. The maximum absolute atomic E-state index is 13.1. The van der Waals surface area contributed by atoms with Crippen LogP contribution >= 0.6 is 0 Å². The van der Waals surface area contributed by atoms with Crippen molar-refractivity contribution in [3.8, 4) is 0 Å². The molecule has 1 saturated carbocycles. The number of likely N-dealkylation sites (tertiary alicyclic amines) is 1. The average molecular weight is 367 g/mol. The number of carbonyl (C=O) groups excluding carboxylic acids is 1. The van der Waals surface area contributed by atoms with Gasteiger partial charge in [0.05, 0.1) is 0 Å². The smallest absolute Gasteiger partial charge is 0.225 e. The number of halogens is 1. The van der Waals surface area contributed by atoms with Gasteiger partial charge in [-0.2, -0.15) is 0 Å². The van der Waals surface area contributed by atoms with Crippen LogP contribution < -0.4 is 5.32 Å². The largest absolute Gasteiger partial charge is 0.355 e. The number of nitrogens with one attached hydrogen (secondary N) is 1. The van der Waals surface area contributed by atoms with Crippen molar-refractivity contribution >= 4 is 17.3 Å². The molecule has 4 nitrogen and oxygen atoms in total. The fourth-order valence-electron chi connectivity index (χ4n) is 4.31. The van der Waals surface area contributed by atoms with E-state index >= 15 is 0 Å². The monoisotopic (exact) mass is 367 g/mol. The van der Waals surface area contributed by atoms with Crippen LogP contribution in [0.25, 0.3) is 0 Å². The zero-order valence-corrected chi connectivity index (χ0v) is 15.7. The first-order valence-electron chi connectivity index (χ1n) is 9.88. The van der Waals surface area contributed by atoms with Crippen LogP contribution in [0.3, 0.4) is 0 Å². The lowest BCUT2D eigenvalue weighted by molar-refractivity contribution is -0.134. The number of hydrogen-bond acceptors (Lipinski definition) is 3. The van der Waals surface area contributed by atoms with E-state index in [1.54, 1.807) is 12.1 Å². The normalized spacial score (nSPS) is 20.2. The average Bonchev–Trinajstić information content (AvgIpc) is 3.35. The zero-order chi connectivity index (χ0) is 18.8. The molecular formula is C22H26FN3O. The van der Waals surface area contributed by atoms with Gasteiger partial charge in [0.1, 0.15) is 5.82 Å². The predicted molar refractivity (Wildman–Crippen MR) is 105 cm³/mol. The predicted octanol–water partition coefficient (Wildman–Crippen LogP) is 4.78. The van der Waals surface area contributed by atoms with Crippen LogP contribution in [-0.4, -0.2) is 28.9 Å². The molecule has 2 fully saturated rings. The number of nitrogens with zero attached hydrogens (tertiary/aromatic N) is 2. The van der Waals surface area contributed by atoms with Crippen LogP contribution in [0.2, 0.25) is 0 Å². The molecular weight excluding hydrogens is 341 g/mol. The highest BCUT2D eigenvalue weighted by molar-refractivity contribution is 5.79. The molecule has 0 radical (unpaired) electrons. The molecule has 1 amide bonds. The SMILES string of the molecule is Cc1cc(Nc2ccc(F)cc2)cc([C@H]2CCN(C(=O)C3CCCC3)C2)n1. The Kier molecular flexibility index (Phi) is 5.10. The summed E-state index contributed by atoms with van der Waals surface area (Å²) in [7, 11) is 0. The van der Waals surface area contributed by atoms with Crippen LogP contribution in [0.4, 0.5) is 15.8 Å². The number of hydrogen-bond donors (Lipinski definition) is 1. The third kappa shape index (κ3) is 4.12. The van der Waals surface area contributed by atoms with Crippen molar-refractivity contribution in [2.24, 2.45) is 5.92 Å². The third-order valence-electron chi connectivity index (χ3n) is 5.73. The summed E-state index contributed by atoms with van der Waals surface area (Å²) in [5.41, 5.74) is 3.76. The van der Waals surface area contributed by atoms with Gasteiger partial charge < -0.3 is 10.2 Å². The van der Waals surface area contributed by atoms with Gasteiger partial charge in [0.2, 0.25) is 5.91 Å². The summed E-state index contributed by atoms with van der Waals surface area (Å²) in [4.78, 5) is 19.5. The third-order valence-corrected chi connectivity index (χ3v) is 5.73. The van der Waals surface area contributed by atoms with E-state index in [2.05, 4.69) is 11.4 Å². The van der Waals surface area contributed by atoms with E-state index in [0.29, 0.717) is 5.91 Å². The lowest BCUT2D eigenvalue weighted by Crippen LogP contribution is -2.33. The molecule has 142 valence electrons. The van der Waals surface area contributed by atoms with E-state index in [1.807, 2.05) is 17.9 Å². The Hall–Kier alpha value is -2.43. The second kappa shape index (κ2) is 7.67. The van der Waals surface area contributed by atoms with Crippen molar-refractivity contribution in [1.29, 1.82) is 0 Å². The van der Waals surface area contributed by atoms with Crippen molar-refractivity contribution in [3.63, 3.8) is 0 Å². The van der Waals surface area contributed by atoms with Gasteiger partial charge in [-0.15, -0.1) is 0 Å². The number of benzene rings is 1. The number of aromatic nitrogens is 1. The van der Waals surface area contributed by atoms with E-state index in [4.69, 9.17) is 4.98 Å². The zero-order valence-electron chi connectivity index (χ0n) is 15.7. The van der Waals surface area contributed by atoms with Gasteiger partial charge in [-0.25, -0.2) is 4.39 Å². The Morgan fingerprint density at radius 2 is 1.85 bits per heavy atom. The fraction of sp³-hybridized carbons (Fsp3) is 0.455. The lowest BCUT2D eigenvalue weighted by atomic mass is 10.0. The van der Waals surface area contributed by atoms with Crippen molar-refractivity contribution in [2.45, 2.75) is 44.9 Å². The minimum Gasteiger partial charge on any atom is -0.355 e. The first kappa shape index (κ1) is 18.0. The van der Waals surface area contributed by atoms with Crippen LogP contribution in [-0.2, 0) is 4.79 Å². The highest BCUT2D eigenvalue weighted by atomic mass is 19.1. The molecule has 1 aromatic carbocycles. The first-order chi connectivity index (χ1) is 13.1. The minimum atomic E-state index is -0.245. The summed E-state index contributed by atoms with van der Waals surface area (Å²) >= 11 is 0. The number of aryl methyl sites for hydroxylation is 1. The maximum Gasteiger partial charge on any atom is 0.225 e. The van der Waals surface area contributed by atoms with Crippen molar-refractivity contribution < 1.29 is 9.18 Å². The van der Waals surface area contributed by atoms with Crippen molar-refractivity contribution in [2.75, 3.05) is 18.4 Å². The molecule has 0 bridgehead atoms. The van der Waals surface area contributed by atoms with Crippen LogP contribution in [0, 0.1) is 18.7 Å². The number of amides is 1. The van der Waals surface area contributed by atoms with E-state index in [9.17, 15) is 9.18 Å². The topological polar surface area (TPSA) is 45.2 Å². The highest BCUT2D eigenvalue weighted by Gasteiger charge is 2.33. The summed E-state index contributed by atoms with van der Waals surface area (Å²) < 4.78 is 13.1. The molecule has 1 saturated heterocycles. The molecule has 2 heterocycles. The van der Waals surface area contributed by atoms with Gasteiger partial charge in [-0.1, -0.05) is 12.8 Å². The molecule has 1 aliphatic carbocycles. The van der Waals surface area contributed by atoms with E-state index in [0.717, 1.165) is 55.1 Å². The molecule has 1 aromatic heterocycles. The second-order valence-corrected chi connectivity index (χ2v) is 7.81. The van der Waals surface area contributed by atoms with Crippen LogP contribution in [0.1, 0.15) is 49.4 Å². The van der Waals surface area contributed by atoms with E-state index in [1.165, 1.54) is 25.0 Å². The first-order valence-corrected chi connectivity index (χ1v) is 9.88. The number of pyridine rings is 1. The Balaban J connectivity index is 1.46. The summed E-state index contributed by atoms with van der Waals surface area (Å²) in [5.74, 6) is 0.617. The summed E-state index contributed by atoms with van der Waals surface area (Å²) in [6.07, 6.45) is 5.44. The highest BCUT2D eigenvalue weighted by Crippen LogP contribution is 2.32. The van der Waals surface area contributed by atoms with Gasteiger partial charge in [0, 0.05) is 47.7 Å². The van der Waals surface area contributed by atoms with Gasteiger partial charge in [-0.3, -0.25) is 9.78 Å². The molecule has 1 N–H and O–H groups in total. The molecule has 0 unspecified atom stereocenters. The number of carbonyl (C=O) groups is 1. The Labute approximate surface area is 159 Å². The molecule has 5 heteroatoms. The number of anilines is 2. The summed E-state index contributed by atoms with van der Waals surface area (Å²) in [5, 5.41) is 3.33. The Bertz CT molecular complexity index is 815. The molecule has 0 spiro atoms. The maximum atomic E-state index is 13.1. The van der Waals surface area contributed by atoms with Crippen molar-refractivity contribution in [1.82, 2.24) is 9.88 Å².